The van der Waals surface area contributed by atoms with E-state index in [0.717, 1.165) is 25.2 Å². The minimum atomic E-state index is -0.717. The summed E-state index contributed by atoms with van der Waals surface area (Å²) in [6.07, 6.45) is -0.717. The van der Waals surface area contributed by atoms with Crippen LogP contribution in [0.2, 0.25) is 10.0 Å². The molecule has 1 fully saturated rings. The minimum Gasteiger partial charge on any atom is -0.485 e. The average molecular weight is 439 g/mol. The van der Waals surface area contributed by atoms with E-state index >= 15 is 0 Å². The number of nitrogens with zero attached hydrogens (tertiary/aromatic N) is 2. The summed E-state index contributed by atoms with van der Waals surface area (Å²) < 4.78 is 24.6. The Balaban J connectivity index is 1.37. The molecular formula is C21H21Cl2FN2O3. The molecule has 5 nitrogen and oxygen atoms in total. The first-order chi connectivity index (χ1) is 13.9. The van der Waals surface area contributed by atoms with Gasteiger partial charge in [-0.15, -0.1) is 0 Å². The number of hydrogen-bond acceptors (Lipinski definition) is 4. The van der Waals surface area contributed by atoms with Crippen molar-refractivity contribution in [3.05, 3.63) is 57.8 Å². The van der Waals surface area contributed by atoms with Crippen molar-refractivity contribution in [3.8, 4) is 11.5 Å². The quantitative estimate of drug-likeness (QED) is 0.725. The molecule has 2 atom stereocenters. The molecule has 2 aromatic rings. The monoisotopic (exact) mass is 438 g/mol. The van der Waals surface area contributed by atoms with Gasteiger partial charge in [0, 0.05) is 44.4 Å². The van der Waals surface area contributed by atoms with Crippen LogP contribution in [0, 0.1) is 5.82 Å². The Labute approximate surface area is 178 Å². The lowest BCUT2D eigenvalue weighted by atomic mass is 10.1. The molecule has 0 aromatic heterocycles. The number of halogens is 3. The topological polar surface area (TPSA) is 42.0 Å². The van der Waals surface area contributed by atoms with E-state index in [1.807, 2.05) is 11.8 Å². The Bertz CT molecular complexity index is 910. The van der Waals surface area contributed by atoms with E-state index in [2.05, 4.69) is 4.90 Å². The van der Waals surface area contributed by atoms with Crippen LogP contribution in [0.3, 0.4) is 0 Å². The van der Waals surface area contributed by atoms with Gasteiger partial charge in [0.05, 0.1) is 10.0 Å². The molecule has 4 rings (SSSR count). The zero-order valence-electron chi connectivity index (χ0n) is 15.9. The van der Waals surface area contributed by atoms with Gasteiger partial charge in [-0.1, -0.05) is 35.3 Å². The van der Waals surface area contributed by atoms with Crippen LogP contribution in [-0.2, 0) is 11.3 Å². The molecule has 1 saturated heterocycles. The minimum absolute atomic E-state index is 0.0236. The zero-order valence-corrected chi connectivity index (χ0v) is 17.4. The first kappa shape index (κ1) is 20.3. The second-order valence-corrected chi connectivity index (χ2v) is 8.19. The second kappa shape index (κ2) is 8.38. The van der Waals surface area contributed by atoms with Gasteiger partial charge >= 0.3 is 0 Å². The van der Waals surface area contributed by atoms with E-state index in [-0.39, 0.29) is 24.4 Å². The van der Waals surface area contributed by atoms with Crippen LogP contribution >= 0.6 is 23.2 Å². The molecule has 0 spiro atoms. The molecule has 1 unspecified atom stereocenters. The van der Waals surface area contributed by atoms with Crippen LogP contribution in [0.1, 0.15) is 12.5 Å². The molecule has 29 heavy (non-hydrogen) atoms. The van der Waals surface area contributed by atoms with E-state index < -0.39 is 6.10 Å². The first-order valence-electron chi connectivity index (χ1n) is 9.46. The number of piperazine rings is 1. The van der Waals surface area contributed by atoms with Crippen LogP contribution in [-0.4, -0.2) is 54.1 Å². The summed E-state index contributed by atoms with van der Waals surface area (Å²) in [5.74, 6) is 0.570. The van der Waals surface area contributed by atoms with Crippen molar-refractivity contribution in [1.82, 2.24) is 9.80 Å². The number of fused-ring (bicyclic) bond motifs is 1. The molecule has 2 aliphatic rings. The highest BCUT2D eigenvalue weighted by atomic mass is 35.5. The predicted molar refractivity (Wildman–Crippen MR) is 109 cm³/mol. The summed E-state index contributed by atoms with van der Waals surface area (Å²) in [5, 5.41) is 0.731. The van der Waals surface area contributed by atoms with Gasteiger partial charge in [-0.05, 0) is 24.6 Å². The lowest BCUT2D eigenvalue weighted by Gasteiger charge is -2.41. The third-order valence-electron chi connectivity index (χ3n) is 5.24. The summed E-state index contributed by atoms with van der Waals surface area (Å²) in [5.41, 5.74) is 1.05. The van der Waals surface area contributed by atoms with Gasteiger partial charge in [0.2, 0.25) is 6.10 Å². The molecule has 0 radical (unpaired) electrons. The molecule has 8 heteroatoms. The van der Waals surface area contributed by atoms with Crippen LogP contribution < -0.4 is 9.47 Å². The van der Waals surface area contributed by atoms with Gasteiger partial charge in [-0.2, -0.15) is 0 Å². The van der Waals surface area contributed by atoms with Crippen molar-refractivity contribution in [3.63, 3.8) is 0 Å². The van der Waals surface area contributed by atoms with Gasteiger partial charge in [0.1, 0.15) is 12.4 Å². The van der Waals surface area contributed by atoms with Crippen molar-refractivity contribution in [1.29, 1.82) is 0 Å². The van der Waals surface area contributed by atoms with E-state index in [1.54, 1.807) is 24.3 Å². The van der Waals surface area contributed by atoms with E-state index in [0.29, 0.717) is 28.1 Å². The first-order valence-corrected chi connectivity index (χ1v) is 10.2. The Morgan fingerprint density at radius 2 is 1.83 bits per heavy atom. The van der Waals surface area contributed by atoms with Gasteiger partial charge in [-0.3, -0.25) is 9.69 Å². The highest BCUT2D eigenvalue weighted by Crippen LogP contribution is 2.39. The number of rotatable bonds is 3. The summed E-state index contributed by atoms with van der Waals surface area (Å²) in [6, 6.07) is 9.71. The maximum Gasteiger partial charge on any atom is 0.267 e. The maximum absolute atomic E-state index is 13.1. The van der Waals surface area contributed by atoms with E-state index in [1.165, 1.54) is 12.1 Å². The third-order valence-corrected chi connectivity index (χ3v) is 5.96. The molecule has 2 aromatic carbocycles. The molecule has 0 saturated carbocycles. The lowest BCUT2D eigenvalue weighted by Crippen LogP contribution is -2.57. The molecule has 2 heterocycles. The lowest BCUT2D eigenvalue weighted by molar-refractivity contribution is -0.145. The maximum atomic E-state index is 13.1. The zero-order chi connectivity index (χ0) is 20.5. The Morgan fingerprint density at radius 3 is 2.52 bits per heavy atom. The van der Waals surface area contributed by atoms with Crippen LogP contribution in [0.4, 0.5) is 4.39 Å². The fourth-order valence-corrected chi connectivity index (χ4v) is 4.03. The van der Waals surface area contributed by atoms with Crippen LogP contribution in [0.5, 0.6) is 11.5 Å². The summed E-state index contributed by atoms with van der Waals surface area (Å²) in [7, 11) is 0. The number of carbonyl (C=O) groups is 1. The fourth-order valence-electron chi connectivity index (χ4n) is 3.73. The number of ether oxygens (including phenoxy) is 2. The van der Waals surface area contributed by atoms with Crippen molar-refractivity contribution >= 4 is 29.1 Å². The third kappa shape index (κ3) is 4.44. The summed E-state index contributed by atoms with van der Waals surface area (Å²) in [4.78, 5) is 17.1. The highest BCUT2D eigenvalue weighted by molar-refractivity contribution is 6.42. The second-order valence-electron chi connectivity index (χ2n) is 7.37. The predicted octanol–water partition coefficient (Wildman–Crippen LogP) is 4.01. The molecule has 0 N–H and O–H groups in total. The fraction of sp³-hybridized carbons (Fsp3) is 0.381. The number of benzene rings is 2. The number of carbonyl (C=O) groups excluding carboxylic acids is 1. The van der Waals surface area contributed by atoms with Crippen molar-refractivity contribution in [2.24, 2.45) is 0 Å². The number of hydrogen-bond donors (Lipinski definition) is 0. The summed E-state index contributed by atoms with van der Waals surface area (Å²) in [6.45, 7) is 4.93. The molecule has 0 aliphatic carbocycles. The van der Waals surface area contributed by atoms with Gasteiger partial charge in [0.15, 0.2) is 11.5 Å². The molecule has 0 bridgehead atoms. The van der Waals surface area contributed by atoms with Crippen molar-refractivity contribution < 1.29 is 18.7 Å². The Morgan fingerprint density at radius 1 is 1.14 bits per heavy atom. The van der Waals surface area contributed by atoms with Crippen LogP contribution in [0.15, 0.2) is 36.4 Å². The smallest absolute Gasteiger partial charge is 0.267 e. The molecule has 154 valence electrons. The molecule has 2 aliphatic heterocycles. The summed E-state index contributed by atoms with van der Waals surface area (Å²) >= 11 is 12.0. The molecule has 1 amide bonds. The SMILES string of the molecule is C[C@@H]1CN(Cc2ccc(F)cc2)CCN1C(=O)C1COc2cc(Cl)c(Cl)cc2O1. The van der Waals surface area contributed by atoms with Gasteiger partial charge < -0.3 is 14.4 Å². The average Bonchev–Trinajstić information content (AvgIpc) is 2.70. The van der Waals surface area contributed by atoms with E-state index in [9.17, 15) is 9.18 Å². The van der Waals surface area contributed by atoms with Gasteiger partial charge in [0.25, 0.3) is 5.91 Å². The Hall–Kier alpha value is -2.02. The van der Waals surface area contributed by atoms with E-state index in [4.69, 9.17) is 32.7 Å². The normalized spacial score (nSPS) is 21.9. The molecular weight excluding hydrogens is 418 g/mol. The van der Waals surface area contributed by atoms with Crippen molar-refractivity contribution in [2.45, 2.75) is 25.6 Å². The largest absolute Gasteiger partial charge is 0.485 e. The highest BCUT2D eigenvalue weighted by Gasteiger charge is 2.36. The van der Waals surface area contributed by atoms with Crippen molar-refractivity contribution in [2.75, 3.05) is 26.2 Å². The van der Waals surface area contributed by atoms with Gasteiger partial charge in [-0.25, -0.2) is 4.39 Å². The standard InChI is InChI=1S/C21H21Cl2FN2O3/c1-13-10-25(11-14-2-4-15(24)5-3-14)6-7-26(13)21(27)20-12-28-18-8-16(22)17(23)9-19(18)29-20/h2-5,8-9,13,20H,6-7,10-12H2,1H3/t13-,20?/m1/s1. The Kier molecular flexibility index (Phi) is 5.86. The van der Waals surface area contributed by atoms with Crippen LogP contribution in [0.25, 0.3) is 0 Å². The number of amides is 1.